The van der Waals surface area contributed by atoms with Gasteiger partial charge < -0.3 is 98.6 Å². The van der Waals surface area contributed by atoms with Gasteiger partial charge in [0.15, 0.2) is 5.78 Å². The number of ether oxygens (including phenoxy) is 4. The van der Waals surface area contributed by atoms with Gasteiger partial charge in [-0.3, -0.25) is 91.2 Å². The van der Waals surface area contributed by atoms with Crippen LogP contribution in [0.1, 0.15) is 298 Å². The number of carbonyl (C=O) groups is 19. The summed E-state index contributed by atoms with van der Waals surface area (Å²) in [5.41, 5.74) is 11.3. The van der Waals surface area contributed by atoms with E-state index in [1.54, 1.807) is 61.2 Å². The average Bonchev–Trinajstić information content (AvgIpc) is 0.872. The van der Waals surface area contributed by atoms with Crippen LogP contribution in [0.25, 0.3) is 5.73 Å². The zero-order chi connectivity index (χ0) is 95.2. The molecule has 38 nitrogen and oxygen atoms in total. The molecule has 0 radical (unpaired) electrons. The Balaban J connectivity index is -0.000000320. The van der Waals surface area contributed by atoms with Crippen LogP contribution in [0.5, 0.6) is 0 Å². The molecule has 0 spiro atoms. The van der Waals surface area contributed by atoms with E-state index < -0.39 is 23.1 Å². The molecular formula is C90H168N15O23W-. The molecule has 0 heterocycles. The summed E-state index contributed by atoms with van der Waals surface area (Å²) in [7, 11) is 12.7. The van der Waals surface area contributed by atoms with Gasteiger partial charge >= 0.3 is 0 Å². The van der Waals surface area contributed by atoms with Crippen LogP contribution in [0.3, 0.4) is 0 Å². The number of hydrogen-bond donors (Lipinski definition) is 12. The fourth-order valence-electron chi connectivity index (χ4n) is 11.7. The molecule has 0 aliphatic heterocycles. The standard InChI is InChI=1S/C29H51N5O7.C28H52N6O6.C20H37N3O8.C11H21NO2.2CH4.W/c1-30-25(37)15-8-5-4-7-14-24(36)21-34(22-28(40)33-20-12-6-9-16-26(38)31-2)29(41)19-18-23(35)13-10-11-17-27(39)32-3;1-29-24(36)15-9-5-4-8-14-23(35)20-34(21-27(39)32-18-12-6-10-16-25(37)30-2)22-28(40)33-19-13-7-11-17-26(38)31-3;1-3-16(24)4-8-28-12-20(13-29-9-5-17(21)25,14-30-10-6-18(22)26)15-31-11-7-19(27)23-2;1-3-10(13)8-6-4-5-7-9-11(14)12-2;;;/h4-22H2,1-3H3,(H,30,37)(H,31,38)(H,32,39)(H,33,40);4-22H2,1-3H3,(H,29,36)(H,30,37)(H,31,38)(H,32,39)(H,33,40);3-15H2,1-2H3,(H5,21,22,23,25,26,27);3-9H2,1-2H3,(H,12,14);2*1H4;/p-1. The number of rotatable bonds is 79. The van der Waals surface area contributed by atoms with E-state index >= 15 is 0 Å². The predicted octanol–water partition coefficient (Wildman–Crippen LogP) is 6.05. The van der Waals surface area contributed by atoms with Crippen LogP contribution >= 0.6 is 0 Å². The van der Waals surface area contributed by atoms with E-state index in [-0.39, 0.29) is 261 Å². The number of unbranched alkanes of at least 4 members (excludes halogenated alkanes) is 16. The number of hydrogen-bond acceptors (Lipinski definition) is 24. The average molecular weight is 2010 g/mol. The first-order chi connectivity index (χ1) is 60.3. The fourth-order valence-corrected chi connectivity index (χ4v) is 11.7. The van der Waals surface area contributed by atoms with Gasteiger partial charge in [0.2, 0.25) is 76.8 Å². The molecule has 0 aliphatic rings. The number of carbonyl (C=O) groups excluding carboxylic acids is 19. The molecule has 0 aliphatic carbocycles. The van der Waals surface area contributed by atoms with Crippen LogP contribution < -0.4 is 64.2 Å². The monoisotopic (exact) mass is 2010 g/mol. The topological polar surface area (TPSA) is 550 Å². The summed E-state index contributed by atoms with van der Waals surface area (Å²) in [4.78, 5) is 225. The minimum atomic E-state index is -0.805. The summed E-state index contributed by atoms with van der Waals surface area (Å²) in [5, 5.41) is 28.9. The number of Topliss-reactive ketones (excluding diaryl/α,β-unsaturated/α-hetero) is 5. The van der Waals surface area contributed by atoms with E-state index in [0.29, 0.717) is 135 Å². The fraction of sp³-hybridized carbons (Fsp3) is 0.789. The third-order valence-electron chi connectivity index (χ3n) is 19.6. The van der Waals surface area contributed by atoms with Crippen molar-refractivity contribution >= 4 is 112 Å². The Morgan fingerprint density at radius 3 is 0.853 bits per heavy atom. The first kappa shape index (κ1) is 133. The number of ketones is 5. The van der Waals surface area contributed by atoms with Gasteiger partial charge in [0, 0.05) is 219 Å². The molecule has 0 bridgehead atoms. The third-order valence-corrected chi connectivity index (χ3v) is 19.6. The number of nitrogens with one attached hydrogen (secondary N) is 12. The smallest absolute Gasteiger partial charge is 0.239 e. The SMILES string of the molecule is C.C.CCC(=O)CCCCCCC(=O)NC.CCC(=O)CCOCC(COCCC([NH-])=O)(COCCC(N)=O)COCCC(=O)NC.CNC(=O)CCCCCCC(=O)CN(CC(=O)NCCCCCC(=O)NC)C(=O)CCC(=O)CCCCC(=O)NC.CNC(=O)CCCCCCC(=O)CN(CC(=O)NCCCCCC(=O)NC)CC(=O)NCCCCCC(=O)NC.[W]. The summed E-state index contributed by atoms with van der Waals surface area (Å²) in [6, 6.07) is 0. The molecule has 748 valence electrons. The van der Waals surface area contributed by atoms with Gasteiger partial charge in [0.05, 0.1) is 96.9 Å². The maximum absolute atomic E-state index is 12.9. The van der Waals surface area contributed by atoms with E-state index in [9.17, 15) is 91.1 Å². The van der Waals surface area contributed by atoms with Gasteiger partial charge in [-0.2, -0.15) is 0 Å². The molecular weight excluding hydrogens is 1840 g/mol. The zero-order valence-corrected chi connectivity index (χ0v) is 81.2. The quantitative estimate of drug-likeness (QED) is 0.0308. The normalized spacial score (nSPS) is 10.8. The Kier molecular flexibility index (Phi) is 97.4. The molecule has 14 amide bonds. The minimum Gasteiger partial charge on any atom is -0.668 e. The molecule has 0 aromatic rings. The second-order valence-electron chi connectivity index (χ2n) is 30.7. The van der Waals surface area contributed by atoms with E-state index in [1.165, 1.54) is 11.9 Å². The molecule has 1 atom stereocenters. The van der Waals surface area contributed by atoms with Crippen LogP contribution in [0.2, 0.25) is 0 Å². The Morgan fingerprint density at radius 2 is 0.527 bits per heavy atom. The number of primary amides is 1. The van der Waals surface area contributed by atoms with Crippen LogP contribution in [-0.4, -0.2) is 283 Å². The van der Waals surface area contributed by atoms with Gasteiger partial charge in [-0.05, 0) is 89.9 Å². The molecule has 0 fully saturated rings. The maximum Gasteiger partial charge on any atom is 0.239 e. The van der Waals surface area contributed by atoms with Gasteiger partial charge in [0.25, 0.3) is 0 Å². The Labute approximate surface area is 783 Å². The largest absolute Gasteiger partial charge is 0.668 e. The van der Waals surface area contributed by atoms with E-state index in [2.05, 4.69) is 58.5 Å². The van der Waals surface area contributed by atoms with Crippen LogP contribution in [0.4, 0.5) is 0 Å². The third kappa shape index (κ3) is 92.5. The maximum atomic E-state index is 12.9. The molecule has 39 heteroatoms. The van der Waals surface area contributed by atoms with E-state index in [4.69, 9.17) is 30.4 Å². The molecule has 1 unspecified atom stereocenters. The molecule has 14 N–H and O–H groups in total. The van der Waals surface area contributed by atoms with Gasteiger partial charge in [-0.25, -0.2) is 0 Å². The number of amides is 14. The zero-order valence-electron chi connectivity index (χ0n) is 78.3. The second-order valence-corrected chi connectivity index (χ2v) is 30.7. The van der Waals surface area contributed by atoms with Crippen molar-refractivity contribution in [3.05, 3.63) is 5.73 Å². The Hall–Kier alpha value is -8.58. The van der Waals surface area contributed by atoms with Crippen LogP contribution in [0.15, 0.2) is 0 Å². The molecule has 0 aromatic heterocycles. The van der Waals surface area contributed by atoms with Crippen molar-refractivity contribution in [2.75, 3.05) is 162 Å². The summed E-state index contributed by atoms with van der Waals surface area (Å²) < 4.78 is 22.5. The molecule has 0 rings (SSSR count). The first-order valence-corrected chi connectivity index (χ1v) is 45.2. The molecule has 0 aromatic carbocycles. The van der Waals surface area contributed by atoms with Crippen molar-refractivity contribution in [2.45, 2.75) is 298 Å². The molecule has 0 saturated carbocycles. The van der Waals surface area contributed by atoms with Crippen molar-refractivity contribution in [3.63, 3.8) is 0 Å². The first-order valence-electron chi connectivity index (χ1n) is 45.2. The van der Waals surface area contributed by atoms with Crippen LogP contribution in [0, 0.1) is 5.41 Å². The summed E-state index contributed by atoms with van der Waals surface area (Å²) in [6.45, 7) is 5.44. The number of nitrogens with two attached hydrogens (primary N) is 1. The summed E-state index contributed by atoms with van der Waals surface area (Å²) >= 11 is 0. The van der Waals surface area contributed by atoms with Gasteiger partial charge in [-0.15, -0.1) is 0 Å². The van der Waals surface area contributed by atoms with Crippen molar-refractivity contribution < 1.29 is 131 Å². The Morgan fingerprint density at radius 1 is 0.271 bits per heavy atom. The number of nitrogens with zero attached hydrogens (tertiary/aromatic N) is 2. The molecule has 129 heavy (non-hydrogen) atoms. The van der Waals surface area contributed by atoms with Crippen molar-refractivity contribution in [1.82, 2.24) is 68.3 Å². The summed E-state index contributed by atoms with van der Waals surface area (Å²) in [5.74, 6) is -2.60. The van der Waals surface area contributed by atoms with Crippen molar-refractivity contribution in [2.24, 2.45) is 11.1 Å². The Bertz CT molecular complexity index is 2910. The minimum absolute atomic E-state index is 0. The van der Waals surface area contributed by atoms with Gasteiger partial charge in [-0.1, -0.05) is 86.5 Å². The molecule has 0 saturated heterocycles. The second kappa shape index (κ2) is 94.1. The van der Waals surface area contributed by atoms with Crippen molar-refractivity contribution in [1.29, 1.82) is 0 Å². The van der Waals surface area contributed by atoms with Gasteiger partial charge in [0.1, 0.15) is 23.1 Å². The summed E-state index contributed by atoms with van der Waals surface area (Å²) in [6.07, 6.45) is 24.3. The van der Waals surface area contributed by atoms with E-state index in [1.807, 2.05) is 6.92 Å². The van der Waals surface area contributed by atoms with Crippen molar-refractivity contribution in [3.8, 4) is 0 Å². The van der Waals surface area contributed by atoms with Crippen LogP contribution in [-0.2, 0) is 131 Å². The van der Waals surface area contributed by atoms with E-state index in [0.717, 1.165) is 109 Å². The predicted molar refractivity (Wildman–Crippen MR) is 493 cm³/mol.